The summed E-state index contributed by atoms with van der Waals surface area (Å²) in [5.41, 5.74) is 6.54. The van der Waals surface area contributed by atoms with Gasteiger partial charge in [0, 0.05) is 11.8 Å². The van der Waals surface area contributed by atoms with Crippen molar-refractivity contribution in [3.05, 3.63) is 29.6 Å². The van der Waals surface area contributed by atoms with Crippen LogP contribution in [0, 0.1) is 5.82 Å². The first-order valence-electron chi connectivity index (χ1n) is 4.39. The van der Waals surface area contributed by atoms with Gasteiger partial charge in [-0.05, 0) is 18.2 Å². The summed E-state index contributed by atoms with van der Waals surface area (Å²) in [5, 5.41) is 3.34. The highest BCUT2D eigenvalue weighted by Crippen LogP contribution is 2.13. The molecule has 1 rings (SSSR count). The van der Waals surface area contributed by atoms with Crippen molar-refractivity contribution in [3.8, 4) is 0 Å². The molecule has 0 aliphatic carbocycles. The number of sulfone groups is 1. The first kappa shape index (κ1) is 13.1. The van der Waals surface area contributed by atoms with Crippen molar-refractivity contribution in [3.63, 3.8) is 0 Å². The number of urea groups is 1. The molecule has 0 aromatic heterocycles. The van der Waals surface area contributed by atoms with Crippen LogP contribution in [0.4, 0.5) is 9.18 Å². The largest absolute Gasteiger partial charge is 0.350 e. The van der Waals surface area contributed by atoms with E-state index in [9.17, 15) is 17.6 Å². The van der Waals surface area contributed by atoms with Crippen molar-refractivity contribution in [1.82, 2.24) is 5.43 Å². The lowest BCUT2D eigenvalue weighted by atomic mass is 10.2. The number of amides is 2. The molecule has 0 aliphatic rings. The number of benzene rings is 1. The molecule has 6 nitrogen and oxygen atoms in total. The number of primary amides is 1. The van der Waals surface area contributed by atoms with E-state index in [1.807, 2.05) is 5.43 Å². The number of carbonyl (C=O) groups is 1. The summed E-state index contributed by atoms with van der Waals surface area (Å²) < 4.78 is 35.7. The highest BCUT2D eigenvalue weighted by molar-refractivity contribution is 7.90. The van der Waals surface area contributed by atoms with Gasteiger partial charge in [-0.25, -0.2) is 23.0 Å². The fourth-order valence-corrected chi connectivity index (χ4v) is 1.67. The molecule has 0 bridgehead atoms. The SMILES string of the molecule is CS(=O)(=O)c1ccc(F)c(C=NNC(N)=O)c1. The topological polar surface area (TPSA) is 102 Å². The van der Waals surface area contributed by atoms with Crippen LogP contribution in [-0.2, 0) is 9.84 Å². The number of nitrogens with one attached hydrogen (secondary N) is 1. The van der Waals surface area contributed by atoms with Crippen molar-refractivity contribution < 1.29 is 17.6 Å². The third-order valence-electron chi connectivity index (χ3n) is 1.77. The van der Waals surface area contributed by atoms with E-state index < -0.39 is 21.7 Å². The number of rotatable bonds is 3. The molecule has 0 saturated carbocycles. The molecule has 0 heterocycles. The Kier molecular flexibility index (Phi) is 3.79. The van der Waals surface area contributed by atoms with Crippen molar-refractivity contribution in [2.24, 2.45) is 10.8 Å². The molecule has 1 aromatic carbocycles. The fourth-order valence-electron chi connectivity index (χ4n) is 1.02. The molecule has 92 valence electrons. The van der Waals surface area contributed by atoms with Gasteiger partial charge in [0.05, 0.1) is 11.1 Å². The molecule has 0 unspecified atom stereocenters. The van der Waals surface area contributed by atoms with E-state index in [1.54, 1.807) is 0 Å². The Hall–Kier alpha value is -1.96. The van der Waals surface area contributed by atoms with Gasteiger partial charge in [-0.15, -0.1) is 0 Å². The zero-order valence-corrected chi connectivity index (χ0v) is 9.66. The van der Waals surface area contributed by atoms with E-state index in [2.05, 4.69) is 5.10 Å². The van der Waals surface area contributed by atoms with Crippen LogP contribution in [0.5, 0.6) is 0 Å². The summed E-state index contributed by atoms with van der Waals surface area (Å²) in [6.45, 7) is 0. The Balaban J connectivity index is 3.07. The summed E-state index contributed by atoms with van der Waals surface area (Å²) in [4.78, 5) is 10.3. The summed E-state index contributed by atoms with van der Waals surface area (Å²) in [7, 11) is -3.42. The normalized spacial score (nSPS) is 11.6. The Bertz CT molecular complexity index is 569. The number of nitrogens with zero attached hydrogens (tertiary/aromatic N) is 1. The molecule has 0 spiro atoms. The first-order valence-corrected chi connectivity index (χ1v) is 6.28. The van der Waals surface area contributed by atoms with Crippen LogP contribution < -0.4 is 11.2 Å². The first-order chi connectivity index (χ1) is 7.80. The lowest BCUT2D eigenvalue weighted by Crippen LogP contribution is -2.24. The van der Waals surface area contributed by atoms with Gasteiger partial charge < -0.3 is 5.73 Å². The Morgan fingerprint density at radius 1 is 1.53 bits per heavy atom. The lowest BCUT2D eigenvalue weighted by molar-refractivity contribution is 0.249. The van der Waals surface area contributed by atoms with Crippen LogP contribution in [0.25, 0.3) is 0 Å². The van der Waals surface area contributed by atoms with Gasteiger partial charge in [-0.1, -0.05) is 0 Å². The van der Waals surface area contributed by atoms with Gasteiger partial charge in [0.2, 0.25) is 0 Å². The van der Waals surface area contributed by atoms with Crippen molar-refractivity contribution >= 4 is 22.1 Å². The third-order valence-corrected chi connectivity index (χ3v) is 2.88. The highest BCUT2D eigenvalue weighted by Gasteiger charge is 2.09. The number of hydrazone groups is 1. The molecule has 0 radical (unpaired) electrons. The number of halogens is 1. The quantitative estimate of drug-likeness (QED) is 0.461. The van der Waals surface area contributed by atoms with E-state index in [0.29, 0.717) is 0 Å². The molecule has 0 atom stereocenters. The molecule has 0 saturated heterocycles. The van der Waals surface area contributed by atoms with E-state index in [1.165, 1.54) is 0 Å². The standard InChI is InChI=1S/C9H10FN3O3S/c1-17(15,16)7-2-3-8(10)6(4-7)5-12-13-9(11)14/h2-5H,1H3,(H3,11,13,14). The smallest absolute Gasteiger partial charge is 0.332 e. The summed E-state index contributed by atoms with van der Waals surface area (Å²) in [6, 6.07) is 2.35. The van der Waals surface area contributed by atoms with E-state index in [4.69, 9.17) is 5.73 Å². The van der Waals surface area contributed by atoms with Gasteiger partial charge in [0.1, 0.15) is 5.82 Å². The minimum absolute atomic E-state index is 0.0422. The molecule has 8 heteroatoms. The molecule has 2 amide bonds. The van der Waals surface area contributed by atoms with Crippen molar-refractivity contribution in [1.29, 1.82) is 0 Å². The number of nitrogens with two attached hydrogens (primary N) is 1. The monoisotopic (exact) mass is 259 g/mol. The van der Waals surface area contributed by atoms with Gasteiger partial charge in [-0.3, -0.25) is 0 Å². The number of hydrogen-bond donors (Lipinski definition) is 2. The molecule has 3 N–H and O–H groups in total. The Labute approximate surface area is 97.2 Å². The summed E-state index contributed by atoms with van der Waals surface area (Å²) in [5.74, 6) is -0.660. The van der Waals surface area contributed by atoms with Crippen molar-refractivity contribution in [2.75, 3.05) is 6.26 Å². The lowest BCUT2D eigenvalue weighted by Gasteiger charge is -2.01. The second-order valence-electron chi connectivity index (χ2n) is 3.19. The van der Waals surface area contributed by atoms with Crippen LogP contribution in [-0.4, -0.2) is 26.9 Å². The number of hydrogen-bond acceptors (Lipinski definition) is 4. The van der Waals surface area contributed by atoms with Crippen LogP contribution >= 0.6 is 0 Å². The second kappa shape index (κ2) is 4.91. The molecular formula is C9H10FN3O3S. The fraction of sp³-hybridized carbons (Fsp3) is 0.111. The Morgan fingerprint density at radius 2 is 2.18 bits per heavy atom. The summed E-state index contributed by atoms with van der Waals surface area (Å²) >= 11 is 0. The molecule has 0 aliphatic heterocycles. The van der Waals surface area contributed by atoms with Gasteiger partial charge in [0.25, 0.3) is 0 Å². The number of carbonyl (C=O) groups excluding carboxylic acids is 1. The van der Waals surface area contributed by atoms with Crippen molar-refractivity contribution in [2.45, 2.75) is 4.90 Å². The molecule has 0 fully saturated rings. The summed E-state index contributed by atoms with van der Waals surface area (Å²) in [6.07, 6.45) is 1.97. The van der Waals surface area contributed by atoms with E-state index >= 15 is 0 Å². The average molecular weight is 259 g/mol. The zero-order valence-electron chi connectivity index (χ0n) is 8.84. The zero-order chi connectivity index (χ0) is 13.1. The minimum Gasteiger partial charge on any atom is -0.350 e. The van der Waals surface area contributed by atoms with Crippen LogP contribution in [0.3, 0.4) is 0 Å². The van der Waals surface area contributed by atoms with Crippen LogP contribution in [0.15, 0.2) is 28.2 Å². The predicted octanol–water partition coefficient (Wildman–Crippen LogP) is 0.231. The average Bonchev–Trinajstić information content (AvgIpc) is 2.18. The van der Waals surface area contributed by atoms with E-state index in [0.717, 1.165) is 30.7 Å². The van der Waals surface area contributed by atoms with Gasteiger partial charge >= 0.3 is 6.03 Å². The maximum atomic E-state index is 13.3. The minimum atomic E-state index is -3.42. The van der Waals surface area contributed by atoms with E-state index in [-0.39, 0.29) is 10.5 Å². The van der Waals surface area contributed by atoms with Crippen LogP contribution in [0.1, 0.15) is 5.56 Å². The third kappa shape index (κ3) is 3.83. The Morgan fingerprint density at radius 3 is 2.71 bits per heavy atom. The van der Waals surface area contributed by atoms with Gasteiger partial charge in [-0.2, -0.15) is 5.10 Å². The molecule has 1 aromatic rings. The molecule has 17 heavy (non-hydrogen) atoms. The molecular weight excluding hydrogens is 249 g/mol. The highest BCUT2D eigenvalue weighted by atomic mass is 32.2. The predicted molar refractivity (Wildman–Crippen MR) is 59.8 cm³/mol. The van der Waals surface area contributed by atoms with Crippen LogP contribution in [0.2, 0.25) is 0 Å². The maximum absolute atomic E-state index is 13.3. The maximum Gasteiger partial charge on any atom is 0.332 e. The second-order valence-corrected chi connectivity index (χ2v) is 5.21. The van der Waals surface area contributed by atoms with Gasteiger partial charge in [0.15, 0.2) is 9.84 Å².